The summed E-state index contributed by atoms with van der Waals surface area (Å²) in [4.78, 5) is 0. The number of hydrogen-bond donors (Lipinski definition) is 0. The van der Waals surface area contributed by atoms with Crippen LogP contribution in [0.3, 0.4) is 0 Å². The molecule has 0 radical (unpaired) electrons. The summed E-state index contributed by atoms with van der Waals surface area (Å²) in [7, 11) is 0.514. The summed E-state index contributed by atoms with van der Waals surface area (Å²) in [5.41, 5.74) is 0. The summed E-state index contributed by atoms with van der Waals surface area (Å²) >= 11 is 0. The molecular weight excluding hydrogens is 196 g/mol. The van der Waals surface area contributed by atoms with Crippen LogP contribution in [0, 0.1) is 0 Å². The van der Waals surface area contributed by atoms with Crippen LogP contribution in [0.5, 0.6) is 0 Å². The van der Waals surface area contributed by atoms with Crippen LogP contribution in [0.15, 0.2) is 0 Å². The Labute approximate surface area is 80.0 Å². The molecule has 68 valence electrons. The van der Waals surface area contributed by atoms with E-state index in [9.17, 15) is 0 Å². The average Bonchev–Trinajstić information content (AvgIpc) is 1.84. The molecule has 0 unspecified atom stereocenters. The highest BCUT2D eigenvalue weighted by Gasteiger charge is 2.36. The lowest BCUT2D eigenvalue weighted by molar-refractivity contribution is 1.40. The van der Waals surface area contributed by atoms with Crippen molar-refractivity contribution in [2.45, 2.75) is 43.2 Å². The smallest absolute Gasteiger partial charge is 0.0275 e. The zero-order valence-electron chi connectivity index (χ0n) is 9.23. The molecule has 0 aromatic rings. The Bertz CT molecular complexity index is 97.8. The van der Waals surface area contributed by atoms with Crippen LogP contribution in [0.4, 0.5) is 0 Å². The van der Waals surface area contributed by atoms with E-state index >= 15 is 0 Å². The van der Waals surface area contributed by atoms with Crippen LogP contribution in [-0.2, 0) is 0 Å². The molecule has 0 aliphatic carbocycles. The van der Waals surface area contributed by atoms with Crippen LogP contribution >= 0.6 is 0 Å². The van der Waals surface area contributed by atoms with Crippen molar-refractivity contribution in [3.8, 4) is 0 Å². The third-order valence-electron chi connectivity index (χ3n) is 3.73. The molecule has 0 nitrogen and oxygen atoms in total. The van der Waals surface area contributed by atoms with Gasteiger partial charge in [0.15, 0.2) is 0 Å². The second-order valence-corrected chi connectivity index (χ2v) is 22.7. The Hall–Kier alpha value is 0.868. The zero-order chi connectivity index (χ0) is 9.23. The minimum Gasteiger partial charge on any atom is -0.0724 e. The van der Waals surface area contributed by atoms with E-state index in [0.717, 1.165) is 3.91 Å². The monoisotopic (exact) mass is 220 g/mol. The molecule has 0 bridgehead atoms. The molecule has 0 N–H and O–H groups in total. The first-order valence-corrected chi connectivity index (χ1v) is 14.5. The Balaban J connectivity index is 4.53. The predicted molar refractivity (Wildman–Crippen MR) is 69.3 cm³/mol. The van der Waals surface area contributed by atoms with Gasteiger partial charge in [0.2, 0.25) is 0 Å². The van der Waals surface area contributed by atoms with Crippen molar-refractivity contribution in [1.29, 1.82) is 0 Å². The quantitative estimate of drug-likeness (QED) is 0.611. The van der Waals surface area contributed by atoms with E-state index in [2.05, 4.69) is 39.3 Å². The fourth-order valence-corrected chi connectivity index (χ4v) is 18.0. The zero-order valence-corrected chi connectivity index (χ0v) is 14.7. The van der Waals surface area contributed by atoms with Gasteiger partial charge in [0.25, 0.3) is 0 Å². The average molecular weight is 221 g/mol. The fraction of sp³-hybridized carbons (Fsp3) is 1.00. The normalized spacial score (nSPS) is 13.9. The van der Waals surface area contributed by atoms with E-state index in [1.54, 1.807) is 0 Å². The number of hydrogen-bond acceptors (Lipinski definition) is 0. The van der Waals surface area contributed by atoms with Gasteiger partial charge < -0.3 is 0 Å². The third kappa shape index (κ3) is 2.40. The van der Waals surface area contributed by atoms with Crippen molar-refractivity contribution in [3.05, 3.63) is 0 Å². The molecule has 0 aromatic carbocycles. The Kier molecular flexibility index (Phi) is 4.53. The summed E-state index contributed by atoms with van der Waals surface area (Å²) in [6, 6.07) is 0. The van der Waals surface area contributed by atoms with Crippen LogP contribution in [0.2, 0.25) is 43.2 Å². The van der Waals surface area contributed by atoms with Gasteiger partial charge in [-0.3, -0.25) is 0 Å². The molecule has 0 heterocycles. The van der Waals surface area contributed by atoms with E-state index in [1.165, 1.54) is 10.2 Å². The minimum absolute atomic E-state index is 0.331. The molecule has 0 rings (SSSR count). The summed E-state index contributed by atoms with van der Waals surface area (Å²) in [6.45, 7) is 15.5. The second kappa shape index (κ2) is 4.20. The van der Waals surface area contributed by atoms with Crippen molar-refractivity contribution in [2.24, 2.45) is 0 Å². The molecule has 0 aliphatic heterocycles. The van der Waals surface area contributed by atoms with Gasteiger partial charge in [-0.05, 0) is 0 Å². The minimum atomic E-state index is -0.331. The van der Waals surface area contributed by atoms with E-state index < -0.39 is 0 Å². The molecule has 0 fully saturated rings. The molecule has 11 heavy (non-hydrogen) atoms. The van der Waals surface area contributed by atoms with Crippen LogP contribution in [0.25, 0.3) is 0 Å². The summed E-state index contributed by atoms with van der Waals surface area (Å²) in [5, 5.41) is 0. The number of rotatable bonds is 3. The summed E-state index contributed by atoms with van der Waals surface area (Å²) in [5.74, 6) is 0. The maximum atomic E-state index is 2.58. The standard InChI is InChI=1S/C7H24Si4/c1-9(2)7(8,10(3)4)11(5)6/h9-11H,1-6,8H3. The van der Waals surface area contributed by atoms with Crippen LogP contribution in [-0.4, -0.2) is 36.6 Å². The summed E-state index contributed by atoms with van der Waals surface area (Å²) in [6.07, 6.45) is 0. The van der Waals surface area contributed by atoms with Gasteiger partial charge in [0.05, 0.1) is 0 Å². The SMILES string of the molecule is C[SiH](C)C([SiH3])([SiH](C)C)[SiH](C)C. The second-order valence-electron chi connectivity index (χ2n) is 4.83. The predicted octanol–water partition coefficient (Wildman–Crippen LogP) is 0.588. The van der Waals surface area contributed by atoms with Gasteiger partial charge >= 0.3 is 0 Å². The lowest BCUT2D eigenvalue weighted by atomic mass is 11.7. The van der Waals surface area contributed by atoms with Crippen molar-refractivity contribution in [3.63, 3.8) is 0 Å². The van der Waals surface area contributed by atoms with E-state index in [1.807, 2.05) is 0 Å². The highest BCUT2D eigenvalue weighted by Crippen LogP contribution is 2.32. The molecule has 0 amide bonds. The van der Waals surface area contributed by atoms with Crippen LogP contribution < -0.4 is 0 Å². The Morgan fingerprint density at radius 3 is 0.909 bits per heavy atom. The molecular formula is C7H24Si4. The molecule has 0 spiro atoms. The van der Waals surface area contributed by atoms with Crippen molar-refractivity contribution >= 4 is 36.6 Å². The Morgan fingerprint density at radius 2 is 0.909 bits per heavy atom. The molecule has 0 aromatic heterocycles. The largest absolute Gasteiger partial charge is 0.0724 e. The first kappa shape index (κ1) is 11.9. The van der Waals surface area contributed by atoms with E-state index in [-0.39, 0.29) is 26.4 Å². The first-order valence-electron chi connectivity index (χ1n) is 4.83. The topological polar surface area (TPSA) is 0 Å². The van der Waals surface area contributed by atoms with Gasteiger partial charge in [0.1, 0.15) is 0 Å². The lowest BCUT2D eigenvalue weighted by Gasteiger charge is -2.40. The van der Waals surface area contributed by atoms with Crippen molar-refractivity contribution < 1.29 is 0 Å². The molecule has 0 aliphatic rings. The Morgan fingerprint density at radius 1 is 0.727 bits per heavy atom. The van der Waals surface area contributed by atoms with Gasteiger partial charge in [0, 0.05) is 36.6 Å². The molecule has 0 atom stereocenters. The highest BCUT2D eigenvalue weighted by atomic mass is 28.4. The maximum Gasteiger partial charge on any atom is 0.0275 e. The third-order valence-corrected chi connectivity index (χ3v) is 33.6. The van der Waals surface area contributed by atoms with E-state index in [4.69, 9.17) is 0 Å². The van der Waals surface area contributed by atoms with Gasteiger partial charge in [-0.15, -0.1) is 0 Å². The highest BCUT2D eigenvalue weighted by molar-refractivity contribution is 7.05. The van der Waals surface area contributed by atoms with E-state index in [0.29, 0.717) is 0 Å². The van der Waals surface area contributed by atoms with Gasteiger partial charge in [-0.1, -0.05) is 43.2 Å². The molecule has 4 heteroatoms. The maximum absolute atomic E-state index is 2.58. The van der Waals surface area contributed by atoms with Gasteiger partial charge in [-0.2, -0.15) is 0 Å². The lowest BCUT2D eigenvalue weighted by Crippen LogP contribution is -2.48. The van der Waals surface area contributed by atoms with Crippen molar-refractivity contribution in [1.82, 2.24) is 0 Å². The summed E-state index contributed by atoms with van der Waals surface area (Å²) < 4.78 is 1.06. The molecule has 0 saturated carbocycles. The fourth-order valence-electron chi connectivity index (χ4n) is 2.00. The van der Waals surface area contributed by atoms with Crippen molar-refractivity contribution in [2.75, 3.05) is 0 Å². The van der Waals surface area contributed by atoms with Crippen LogP contribution in [0.1, 0.15) is 0 Å². The first-order chi connectivity index (χ1) is 4.83. The molecule has 0 saturated heterocycles. The van der Waals surface area contributed by atoms with Gasteiger partial charge in [-0.25, -0.2) is 0 Å².